The Hall–Kier alpha value is -3.16. The largest absolute Gasteiger partial charge is 0.359 e. The second kappa shape index (κ2) is 7.93. The summed E-state index contributed by atoms with van der Waals surface area (Å²) in [6.45, 7) is 2.20. The van der Waals surface area contributed by atoms with Crippen LogP contribution in [0, 0.1) is 6.92 Å². The highest BCUT2D eigenvalue weighted by atomic mass is 79.9. The first-order valence-corrected chi connectivity index (χ1v) is 10.2. The SMILES string of the molecule is Cc1ccc(CNC(=O)C2(O)c3cc(Br)ccc3NC(=O)N2c2ccccc2)cc1. The van der Waals surface area contributed by atoms with Crippen LogP contribution >= 0.6 is 15.9 Å². The van der Waals surface area contributed by atoms with E-state index in [-0.39, 0.29) is 12.1 Å². The van der Waals surface area contributed by atoms with Crippen molar-refractivity contribution in [3.63, 3.8) is 0 Å². The molecule has 4 rings (SSSR count). The van der Waals surface area contributed by atoms with E-state index >= 15 is 0 Å². The van der Waals surface area contributed by atoms with Crippen LogP contribution in [-0.2, 0) is 17.1 Å². The molecular formula is C23H20BrN3O3. The van der Waals surface area contributed by atoms with Crippen molar-refractivity contribution in [3.8, 4) is 0 Å². The molecule has 0 aromatic heterocycles. The summed E-state index contributed by atoms with van der Waals surface area (Å²) in [6.07, 6.45) is 0. The third kappa shape index (κ3) is 3.58. The summed E-state index contributed by atoms with van der Waals surface area (Å²) in [5, 5.41) is 17.3. The molecule has 3 aromatic carbocycles. The zero-order valence-corrected chi connectivity index (χ0v) is 17.8. The average molecular weight is 466 g/mol. The van der Waals surface area contributed by atoms with E-state index in [1.807, 2.05) is 31.2 Å². The van der Waals surface area contributed by atoms with Crippen LogP contribution in [0.15, 0.2) is 77.3 Å². The third-order valence-electron chi connectivity index (χ3n) is 5.03. The van der Waals surface area contributed by atoms with Gasteiger partial charge in [0.1, 0.15) is 0 Å². The van der Waals surface area contributed by atoms with Gasteiger partial charge in [-0.1, -0.05) is 64.0 Å². The van der Waals surface area contributed by atoms with Gasteiger partial charge in [-0.2, -0.15) is 0 Å². The van der Waals surface area contributed by atoms with Crippen LogP contribution in [0.4, 0.5) is 16.2 Å². The van der Waals surface area contributed by atoms with E-state index < -0.39 is 17.7 Å². The smallest absolute Gasteiger partial charge is 0.329 e. The normalized spacial score (nSPS) is 17.8. The van der Waals surface area contributed by atoms with E-state index in [0.29, 0.717) is 15.8 Å². The molecule has 6 nitrogen and oxygen atoms in total. The van der Waals surface area contributed by atoms with Gasteiger partial charge < -0.3 is 15.7 Å². The summed E-state index contributed by atoms with van der Waals surface area (Å²) in [6, 6.07) is 20.8. The first kappa shape index (κ1) is 20.1. The molecule has 1 aliphatic rings. The second-order valence-corrected chi connectivity index (χ2v) is 8.05. The maximum absolute atomic E-state index is 13.4. The van der Waals surface area contributed by atoms with Crippen LogP contribution in [0.2, 0.25) is 0 Å². The lowest BCUT2D eigenvalue weighted by atomic mass is 9.94. The minimum absolute atomic E-state index is 0.217. The number of nitrogens with zero attached hydrogens (tertiary/aromatic N) is 1. The maximum atomic E-state index is 13.4. The number of rotatable bonds is 4. The number of carbonyl (C=O) groups excluding carboxylic acids is 2. The number of hydrogen-bond donors (Lipinski definition) is 3. The molecule has 0 spiro atoms. The molecule has 0 saturated heterocycles. The fraction of sp³-hybridized carbons (Fsp3) is 0.130. The molecule has 3 N–H and O–H groups in total. The molecule has 0 radical (unpaired) electrons. The molecule has 0 aliphatic carbocycles. The number of urea groups is 1. The number of fused-ring (bicyclic) bond motifs is 1. The number of carbonyl (C=O) groups is 2. The third-order valence-corrected chi connectivity index (χ3v) is 5.52. The van der Waals surface area contributed by atoms with E-state index in [9.17, 15) is 14.7 Å². The number of hydrogen-bond acceptors (Lipinski definition) is 3. The number of anilines is 2. The molecule has 3 amide bonds. The van der Waals surface area contributed by atoms with Gasteiger partial charge in [-0.25, -0.2) is 4.79 Å². The standard InChI is InChI=1S/C23H20BrN3O3/c1-15-7-9-16(10-8-15)14-25-21(28)23(30)19-13-17(24)11-12-20(19)26-22(29)27(23)18-5-3-2-4-6-18/h2-13,30H,14H2,1H3,(H,25,28)(H,26,29). The van der Waals surface area contributed by atoms with E-state index in [4.69, 9.17) is 0 Å². The number of amides is 3. The van der Waals surface area contributed by atoms with Gasteiger partial charge in [0.25, 0.3) is 11.6 Å². The van der Waals surface area contributed by atoms with E-state index in [1.165, 1.54) is 0 Å². The first-order chi connectivity index (χ1) is 14.4. The van der Waals surface area contributed by atoms with Crippen molar-refractivity contribution in [2.24, 2.45) is 0 Å². The summed E-state index contributed by atoms with van der Waals surface area (Å²) >= 11 is 3.39. The molecule has 0 saturated carbocycles. The molecule has 1 unspecified atom stereocenters. The lowest BCUT2D eigenvalue weighted by molar-refractivity contribution is -0.140. The molecular weight excluding hydrogens is 446 g/mol. The quantitative estimate of drug-likeness (QED) is 0.537. The van der Waals surface area contributed by atoms with E-state index in [0.717, 1.165) is 16.0 Å². The van der Waals surface area contributed by atoms with Crippen molar-refractivity contribution in [3.05, 3.63) is 94.0 Å². The number of nitrogens with one attached hydrogen (secondary N) is 2. The lowest BCUT2D eigenvalue weighted by Gasteiger charge is -2.42. The van der Waals surface area contributed by atoms with Gasteiger partial charge in [0, 0.05) is 22.3 Å². The molecule has 1 atom stereocenters. The van der Waals surface area contributed by atoms with Gasteiger partial charge in [-0.3, -0.25) is 9.69 Å². The second-order valence-electron chi connectivity index (χ2n) is 7.13. The first-order valence-electron chi connectivity index (χ1n) is 9.42. The van der Waals surface area contributed by atoms with Crippen molar-refractivity contribution >= 4 is 39.2 Å². The molecule has 30 heavy (non-hydrogen) atoms. The minimum atomic E-state index is -2.23. The number of aryl methyl sites for hydroxylation is 1. The zero-order valence-electron chi connectivity index (χ0n) is 16.2. The highest BCUT2D eigenvalue weighted by Crippen LogP contribution is 2.40. The highest BCUT2D eigenvalue weighted by molar-refractivity contribution is 9.10. The van der Waals surface area contributed by atoms with Gasteiger partial charge in [0.2, 0.25) is 0 Å². The Labute approximate surface area is 182 Å². The predicted molar refractivity (Wildman–Crippen MR) is 119 cm³/mol. The van der Waals surface area contributed by atoms with Gasteiger partial charge in [0.05, 0.1) is 5.69 Å². The predicted octanol–water partition coefficient (Wildman–Crippen LogP) is 4.27. The van der Waals surface area contributed by atoms with E-state index in [2.05, 4.69) is 26.6 Å². The summed E-state index contributed by atoms with van der Waals surface area (Å²) in [7, 11) is 0. The summed E-state index contributed by atoms with van der Waals surface area (Å²) in [4.78, 5) is 27.4. The van der Waals surface area contributed by atoms with E-state index in [1.54, 1.807) is 48.5 Å². The zero-order chi connectivity index (χ0) is 21.3. The average Bonchev–Trinajstić information content (AvgIpc) is 2.74. The van der Waals surface area contributed by atoms with Crippen molar-refractivity contribution in [2.75, 3.05) is 10.2 Å². The van der Waals surface area contributed by atoms with Gasteiger partial charge >= 0.3 is 6.03 Å². The van der Waals surface area contributed by atoms with Crippen LogP contribution in [0.25, 0.3) is 0 Å². The van der Waals surface area contributed by atoms with Crippen LogP contribution in [-0.4, -0.2) is 17.0 Å². The number of benzene rings is 3. The van der Waals surface area contributed by atoms with Crippen molar-refractivity contribution in [1.29, 1.82) is 0 Å². The van der Waals surface area contributed by atoms with Crippen LogP contribution < -0.4 is 15.5 Å². The molecule has 1 aliphatic heterocycles. The Morgan fingerprint density at radius 3 is 2.50 bits per heavy atom. The maximum Gasteiger partial charge on any atom is 0.329 e. The minimum Gasteiger partial charge on any atom is -0.359 e. The Bertz CT molecular complexity index is 1100. The fourth-order valence-electron chi connectivity index (χ4n) is 3.47. The monoisotopic (exact) mass is 465 g/mol. The van der Waals surface area contributed by atoms with Crippen LogP contribution in [0.3, 0.4) is 0 Å². The Balaban J connectivity index is 1.76. The molecule has 7 heteroatoms. The Morgan fingerprint density at radius 2 is 1.80 bits per heavy atom. The topological polar surface area (TPSA) is 81.7 Å². The number of halogens is 1. The van der Waals surface area contributed by atoms with Gasteiger partial charge in [0.15, 0.2) is 0 Å². The van der Waals surface area contributed by atoms with Crippen molar-refractivity contribution < 1.29 is 14.7 Å². The van der Waals surface area contributed by atoms with Crippen molar-refractivity contribution in [1.82, 2.24) is 5.32 Å². The molecule has 3 aromatic rings. The molecule has 0 fully saturated rings. The van der Waals surface area contributed by atoms with Crippen LogP contribution in [0.5, 0.6) is 0 Å². The Kier molecular flexibility index (Phi) is 5.32. The van der Waals surface area contributed by atoms with Crippen molar-refractivity contribution in [2.45, 2.75) is 19.2 Å². The summed E-state index contributed by atoms with van der Waals surface area (Å²) < 4.78 is 0.676. The molecule has 0 bridgehead atoms. The number of para-hydroxylation sites is 1. The summed E-state index contributed by atoms with van der Waals surface area (Å²) in [5.74, 6) is -0.693. The fourth-order valence-corrected chi connectivity index (χ4v) is 3.83. The lowest BCUT2D eigenvalue weighted by Crippen LogP contribution is -2.62. The van der Waals surface area contributed by atoms with Gasteiger partial charge in [-0.05, 0) is 42.8 Å². The molecule has 152 valence electrons. The van der Waals surface area contributed by atoms with Crippen LogP contribution in [0.1, 0.15) is 16.7 Å². The highest BCUT2D eigenvalue weighted by Gasteiger charge is 2.52. The Morgan fingerprint density at radius 1 is 1.10 bits per heavy atom. The summed E-state index contributed by atoms with van der Waals surface area (Å²) in [5.41, 5.74) is 0.826. The van der Waals surface area contributed by atoms with Gasteiger partial charge in [-0.15, -0.1) is 0 Å². The number of aliphatic hydroxyl groups is 1. The molecule has 1 heterocycles.